The smallest absolute Gasteiger partial charge is 0.126 e. The Hall–Kier alpha value is -1.26. The third-order valence-electron chi connectivity index (χ3n) is 2.38. The van der Waals surface area contributed by atoms with E-state index >= 15 is 0 Å². The average Bonchev–Trinajstić information content (AvgIpc) is 2.33. The second-order valence-corrected chi connectivity index (χ2v) is 3.71. The molecule has 0 atom stereocenters. The van der Waals surface area contributed by atoms with Crippen LogP contribution in [0.15, 0.2) is 18.2 Å². The fourth-order valence-corrected chi connectivity index (χ4v) is 1.38. The highest BCUT2D eigenvalue weighted by Crippen LogP contribution is 2.25. The van der Waals surface area contributed by atoms with Gasteiger partial charge in [0.25, 0.3) is 0 Å². The first kappa shape index (κ1) is 13.8. The molecule has 0 saturated heterocycles. The van der Waals surface area contributed by atoms with Gasteiger partial charge in [0.05, 0.1) is 6.61 Å². The molecule has 0 radical (unpaired) electrons. The van der Waals surface area contributed by atoms with Crippen molar-refractivity contribution in [3.63, 3.8) is 0 Å². The quantitative estimate of drug-likeness (QED) is 0.707. The predicted molar refractivity (Wildman–Crippen MR) is 65.7 cm³/mol. The highest BCUT2D eigenvalue weighted by molar-refractivity contribution is 5.42. The van der Waals surface area contributed by atoms with Crippen molar-refractivity contribution in [1.29, 1.82) is 0 Å². The summed E-state index contributed by atoms with van der Waals surface area (Å²) in [5.41, 5.74) is 0.756. The predicted octanol–water partition coefficient (Wildman–Crippen LogP) is 2.13. The van der Waals surface area contributed by atoms with Gasteiger partial charge in [0.15, 0.2) is 0 Å². The van der Waals surface area contributed by atoms with E-state index in [4.69, 9.17) is 14.2 Å². The zero-order chi connectivity index (χ0) is 12.5. The number of hydrogen-bond donors (Lipinski definition) is 1. The normalized spacial score (nSPS) is 10.5. The number of aromatic hydroxyl groups is 1. The Labute approximate surface area is 102 Å². The lowest BCUT2D eigenvalue weighted by atomic mass is 10.2. The molecule has 0 bridgehead atoms. The minimum Gasteiger partial charge on any atom is -0.508 e. The zero-order valence-corrected chi connectivity index (χ0v) is 10.4. The van der Waals surface area contributed by atoms with Crippen LogP contribution in [0.3, 0.4) is 0 Å². The Balaban J connectivity index is 2.16. The number of hydrogen-bond acceptors (Lipinski definition) is 4. The summed E-state index contributed by atoms with van der Waals surface area (Å²) in [7, 11) is 1.67. The van der Waals surface area contributed by atoms with E-state index in [1.165, 1.54) is 0 Å². The van der Waals surface area contributed by atoms with Gasteiger partial charge in [-0.05, 0) is 25.5 Å². The Morgan fingerprint density at radius 2 is 1.94 bits per heavy atom. The van der Waals surface area contributed by atoms with Crippen molar-refractivity contribution in [3.05, 3.63) is 23.8 Å². The first-order valence-electron chi connectivity index (χ1n) is 5.73. The molecule has 4 nitrogen and oxygen atoms in total. The molecule has 0 aromatic heterocycles. The molecule has 1 N–H and O–H groups in total. The molecule has 0 heterocycles. The van der Waals surface area contributed by atoms with E-state index < -0.39 is 0 Å². The minimum atomic E-state index is 0.253. The summed E-state index contributed by atoms with van der Waals surface area (Å²) in [6, 6.07) is 5.24. The molecule has 0 saturated carbocycles. The van der Waals surface area contributed by atoms with Crippen LogP contribution < -0.4 is 4.74 Å². The van der Waals surface area contributed by atoms with Crippen molar-refractivity contribution in [3.8, 4) is 11.5 Å². The van der Waals surface area contributed by atoms with Crippen LogP contribution in [0.5, 0.6) is 11.5 Å². The van der Waals surface area contributed by atoms with E-state index in [1.807, 2.05) is 13.0 Å². The molecule has 1 aromatic carbocycles. The van der Waals surface area contributed by atoms with Gasteiger partial charge in [-0.1, -0.05) is 6.07 Å². The SMILES string of the molecule is COCCCOCCOc1cccc(O)c1C. The van der Waals surface area contributed by atoms with Crippen molar-refractivity contribution in [1.82, 2.24) is 0 Å². The Morgan fingerprint density at radius 3 is 2.71 bits per heavy atom. The van der Waals surface area contributed by atoms with Crippen LogP contribution in [0.1, 0.15) is 12.0 Å². The van der Waals surface area contributed by atoms with Gasteiger partial charge in [0, 0.05) is 25.9 Å². The molecule has 0 aliphatic rings. The first-order chi connectivity index (χ1) is 8.25. The fourth-order valence-electron chi connectivity index (χ4n) is 1.38. The topological polar surface area (TPSA) is 47.9 Å². The molecule has 0 aliphatic carbocycles. The third kappa shape index (κ3) is 5.06. The lowest BCUT2D eigenvalue weighted by Gasteiger charge is -2.10. The van der Waals surface area contributed by atoms with Gasteiger partial charge in [-0.2, -0.15) is 0 Å². The van der Waals surface area contributed by atoms with Crippen LogP contribution in [0, 0.1) is 6.92 Å². The molecule has 0 unspecified atom stereocenters. The van der Waals surface area contributed by atoms with Crippen molar-refractivity contribution in [2.75, 3.05) is 33.5 Å². The second kappa shape index (κ2) is 7.92. The highest BCUT2D eigenvalue weighted by atomic mass is 16.5. The van der Waals surface area contributed by atoms with Gasteiger partial charge >= 0.3 is 0 Å². The number of benzene rings is 1. The maximum Gasteiger partial charge on any atom is 0.126 e. The number of methoxy groups -OCH3 is 1. The van der Waals surface area contributed by atoms with Crippen LogP contribution in [0.4, 0.5) is 0 Å². The molecule has 1 aromatic rings. The van der Waals surface area contributed by atoms with E-state index in [-0.39, 0.29) is 5.75 Å². The molecule has 0 fully saturated rings. The number of phenols is 1. The summed E-state index contributed by atoms with van der Waals surface area (Å²) in [6.45, 7) is 4.24. The largest absolute Gasteiger partial charge is 0.508 e. The summed E-state index contributed by atoms with van der Waals surface area (Å²) in [4.78, 5) is 0. The standard InChI is InChI=1S/C13H20O4/c1-11-12(14)5-3-6-13(11)17-10-9-16-8-4-7-15-2/h3,5-6,14H,4,7-10H2,1-2H3. The van der Waals surface area contributed by atoms with Gasteiger partial charge in [0.1, 0.15) is 18.1 Å². The second-order valence-electron chi connectivity index (χ2n) is 3.71. The van der Waals surface area contributed by atoms with Gasteiger partial charge in [-0.3, -0.25) is 0 Å². The summed E-state index contributed by atoms with van der Waals surface area (Å²) < 4.78 is 15.8. The van der Waals surface area contributed by atoms with Crippen LogP contribution in [0.2, 0.25) is 0 Å². The molecule has 0 aliphatic heterocycles. The number of ether oxygens (including phenoxy) is 3. The van der Waals surface area contributed by atoms with E-state index in [0.29, 0.717) is 32.2 Å². The minimum absolute atomic E-state index is 0.253. The zero-order valence-electron chi connectivity index (χ0n) is 10.4. The lowest BCUT2D eigenvalue weighted by Crippen LogP contribution is -2.09. The number of rotatable bonds is 8. The maximum absolute atomic E-state index is 9.47. The van der Waals surface area contributed by atoms with Crippen molar-refractivity contribution < 1.29 is 19.3 Å². The van der Waals surface area contributed by atoms with E-state index in [0.717, 1.165) is 12.0 Å². The Morgan fingerprint density at radius 1 is 1.12 bits per heavy atom. The maximum atomic E-state index is 9.47. The summed E-state index contributed by atoms with van der Waals surface area (Å²) in [6.07, 6.45) is 0.891. The van der Waals surface area contributed by atoms with Crippen molar-refractivity contribution in [2.45, 2.75) is 13.3 Å². The lowest BCUT2D eigenvalue weighted by molar-refractivity contribution is 0.0804. The van der Waals surface area contributed by atoms with E-state index in [2.05, 4.69) is 0 Å². The van der Waals surface area contributed by atoms with Gasteiger partial charge < -0.3 is 19.3 Å². The monoisotopic (exact) mass is 240 g/mol. The van der Waals surface area contributed by atoms with Gasteiger partial charge in [-0.15, -0.1) is 0 Å². The molecular formula is C13H20O4. The summed E-state index contributed by atoms with van der Waals surface area (Å²) in [5, 5.41) is 9.47. The molecule has 4 heteroatoms. The summed E-state index contributed by atoms with van der Waals surface area (Å²) >= 11 is 0. The third-order valence-corrected chi connectivity index (χ3v) is 2.38. The van der Waals surface area contributed by atoms with Gasteiger partial charge in [-0.25, -0.2) is 0 Å². The molecular weight excluding hydrogens is 220 g/mol. The van der Waals surface area contributed by atoms with Crippen LogP contribution in [0.25, 0.3) is 0 Å². The van der Waals surface area contributed by atoms with Gasteiger partial charge in [0.2, 0.25) is 0 Å². The molecule has 1 rings (SSSR count). The fraction of sp³-hybridized carbons (Fsp3) is 0.538. The van der Waals surface area contributed by atoms with Crippen LogP contribution >= 0.6 is 0 Å². The van der Waals surface area contributed by atoms with E-state index in [1.54, 1.807) is 19.2 Å². The highest BCUT2D eigenvalue weighted by Gasteiger charge is 2.02. The Kier molecular flexibility index (Phi) is 6.43. The Bertz CT molecular complexity index is 325. The molecule has 0 spiro atoms. The average molecular weight is 240 g/mol. The van der Waals surface area contributed by atoms with Crippen LogP contribution in [-0.2, 0) is 9.47 Å². The molecule has 0 amide bonds. The number of phenolic OH excluding ortho intramolecular Hbond substituents is 1. The van der Waals surface area contributed by atoms with Crippen LogP contribution in [-0.4, -0.2) is 38.6 Å². The van der Waals surface area contributed by atoms with Crippen molar-refractivity contribution >= 4 is 0 Å². The molecule has 96 valence electrons. The molecule has 17 heavy (non-hydrogen) atoms. The van der Waals surface area contributed by atoms with Crippen molar-refractivity contribution in [2.24, 2.45) is 0 Å². The van der Waals surface area contributed by atoms with E-state index in [9.17, 15) is 5.11 Å². The summed E-state index contributed by atoms with van der Waals surface area (Å²) in [5.74, 6) is 0.953. The first-order valence-corrected chi connectivity index (χ1v) is 5.73.